The number of fused-ring (bicyclic) bond motifs is 4. The molecule has 282 valence electrons. The van der Waals surface area contributed by atoms with Gasteiger partial charge in [-0.05, 0) is 109 Å². The molecule has 0 saturated carbocycles. The Morgan fingerprint density at radius 2 is 1.04 bits per heavy atom. The molecule has 0 bridgehead atoms. The van der Waals surface area contributed by atoms with Crippen LogP contribution in [0, 0.1) is 0 Å². The van der Waals surface area contributed by atoms with Gasteiger partial charge in [0.1, 0.15) is 0 Å². The highest BCUT2D eigenvalue weighted by Crippen LogP contribution is 2.56. The minimum atomic E-state index is -0.412. The number of hydrogen-bond acceptors (Lipinski definition) is 3. The van der Waals surface area contributed by atoms with Gasteiger partial charge in [0, 0.05) is 22.6 Å². The molecule has 54 heavy (non-hydrogen) atoms. The second-order valence-electron chi connectivity index (χ2n) is 17.3. The molecule has 3 nitrogen and oxygen atoms in total. The number of benzene rings is 4. The van der Waals surface area contributed by atoms with Crippen LogP contribution in [0.4, 0.5) is 0 Å². The molecule has 2 aliphatic rings. The summed E-state index contributed by atoms with van der Waals surface area (Å²) >= 11 is 0. The van der Waals surface area contributed by atoms with Gasteiger partial charge in [-0.2, -0.15) is 0 Å². The Hall–Kier alpha value is -3.73. The predicted octanol–water partition coefficient (Wildman–Crippen LogP) is 13.6. The number of hydrogen-bond donors (Lipinski definition) is 0. The minimum absolute atomic E-state index is 0.0221. The Bertz CT molecular complexity index is 2000. The molecule has 1 fully saturated rings. The lowest BCUT2D eigenvalue weighted by atomic mass is 9.70. The number of pyridine rings is 1. The van der Waals surface area contributed by atoms with Crippen molar-refractivity contribution in [1.29, 1.82) is 0 Å². The van der Waals surface area contributed by atoms with Crippen molar-refractivity contribution in [1.82, 2.24) is 4.98 Å². The molecule has 0 amide bonds. The average molecular weight is 720 g/mol. The molecule has 2 heterocycles. The fourth-order valence-electron chi connectivity index (χ4n) is 8.98. The van der Waals surface area contributed by atoms with E-state index >= 15 is 0 Å². The molecule has 1 aliphatic carbocycles. The van der Waals surface area contributed by atoms with E-state index in [4.69, 9.17) is 14.3 Å². The van der Waals surface area contributed by atoms with E-state index in [0.717, 1.165) is 11.2 Å². The number of aromatic nitrogens is 1. The van der Waals surface area contributed by atoms with Gasteiger partial charge in [0.2, 0.25) is 0 Å². The van der Waals surface area contributed by atoms with Crippen molar-refractivity contribution in [3.8, 4) is 33.5 Å². The van der Waals surface area contributed by atoms with Crippen LogP contribution in [0.3, 0.4) is 0 Å². The number of unbranched alkanes of at least 4 members (excludes halogenated alkanes) is 10. The van der Waals surface area contributed by atoms with Crippen molar-refractivity contribution in [2.45, 2.75) is 148 Å². The third kappa shape index (κ3) is 7.84. The molecular weight excluding hydrogens is 657 g/mol. The number of nitrogens with zero attached hydrogens (tertiary/aromatic N) is 1. The van der Waals surface area contributed by atoms with Gasteiger partial charge in [-0.25, -0.2) is 0 Å². The van der Waals surface area contributed by atoms with Crippen LogP contribution < -0.4 is 5.46 Å². The van der Waals surface area contributed by atoms with Crippen LogP contribution in [-0.4, -0.2) is 23.3 Å². The smallest absolute Gasteiger partial charge is 0.399 e. The first kappa shape index (κ1) is 38.5. The molecule has 0 radical (unpaired) electrons. The largest absolute Gasteiger partial charge is 0.496 e. The molecule has 4 aromatic carbocycles. The third-order valence-electron chi connectivity index (χ3n) is 13.0. The summed E-state index contributed by atoms with van der Waals surface area (Å²) in [6.45, 7) is 13.0. The predicted molar refractivity (Wildman–Crippen MR) is 231 cm³/mol. The zero-order valence-electron chi connectivity index (χ0n) is 34.0. The molecule has 1 saturated heterocycles. The van der Waals surface area contributed by atoms with Gasteiger partial charge >= 0.3 is 7.12 Å². The fraction of sp³-hybridized carbons (Fsp3) is 0.460. The van der Waals surface area contributed by atoms with Crippen molar-refractivity contribution in [3.63, 3.8) is 0 Å². The van der Waals surface area contributed by atoms with E-state index in [1.165, 1.54) is 140 Å². The maximum absolute atomic E-state index is 6.36. The van der Waals surface area contributed by atoms with Crippen molar-refractivity contribution in [2.75, 3.05) is 0 Å². The molecule has 7 rings (SSSR count). The summed E-state index contributed by atoms with van der Waals surface area (Å²) in [4.78, 5) is 5.04. The Kier molecular flexibility index (Phi) is 11.8. The van der Waals surface area contributed by atoms with Gasteiger partial charge < -0.3 is 9.31 Å². The Balaban J connectivity index is 1.26. The Morgan fingerprint density at radius 3 is 1.63 bits per heavy atom. The van der Waals surface area contributed by atoms with Crippen molar-refractivity contribution < 1.29 is 9.31 Å². The monoisotopic (exact) mass is 719 g/mol. The van der Waals surface area contributed by atoms with Crippen LogP contribution in [0.25, 0.3) is 44.3 Å². The van der Waals surface area contributed by atoms with Gasteiger partial charge in [-0.1, -0.05) is 158 Å². The highest BCUT2D eigenvalue weighted by atomic mass is 16.7. The lowest BCUT2D eigenvalue weighted by molar-refractivity contribution is 0.00578. The van der Waals surface area contributed by atoms with Crippen molar-refractivity contribution >= 4 is 23.4 Å². The molecule has 0 N–H and O–H groups in total. The summed E-state index contributed by atoms with van der Waals surface area (Å²) in [5.41, 5.74) is 10.9. The first-order chi connectivity index (χ1) is 26.2. The van der Waals surface area contributed by atoms with Gasteiger partial charge in [-0.3, -0.25) is 4.98 Å². The van der Waals surface area contributed by atoms with Crippen LogP contribution in [-0.2, 0) is 14.7 Å². The second-order valence-corrected chi connectivity index (χ2v) is 17.3. The summed E-state index contributed by atoms with van der Waals surface area (Å²) in [7, 11) is -0.412. The Labute approximate surface area is 326 Å². The van der Waals surface area contributed by atoms with Crippen LogP contribution in [0.15, 0.2) is 97.2 Å². The normalized spacial score (nSPS) is 16.5. The van der Waals surface area contributed by atoms with E-state index in [9.17, 15) is 0 Å². The van der Waals surface area contributed by atoms with E-state index in [-0.39, 0.29) is 16.6 Å². The van der Waals surface area contributed by atoms with E-state index in [1.54, 1.807) is 0 Å². The van der Waals surface area contributed by atoms with Gasteiger partial charge in [-0.15, -0.1) is 0 Å². The first-order valence-electron chi connectivity index (χ1n) is 21.3. The lowest BCUT2D eigenvalue weighted by Crippen LogP contribution is -2.41. The summed E-state index contributed by atoms with van der Waals surface area (Å²) in [6, 6.07) is 34.6. The van der Waals surface area contributed by atoms with Crippen LogP contribution in [0.1, 0.15) is 143 Å². The first-order valence-corrected chi connectivity index (χ1v) is 21.3. The number of rotatable bonds is 17. The highest BCUT2D eigenvalue weighted by Gasteiger charge is 2.52. The quantitative estimate of drug-likeness (QED) is 0.0708. The zero-order chi connectivity index (χ0) is 37.8. The van der Waals surface area contributed by atoms with Gasteiger partial charge in [0.05, 0.1) is 16.9 Å². The summed E-state index contributed by atoms with van der Waals surface area (Å²) in [5.74, 6) is 0. The standard InChI is InChI=1S/C50H62BNO2/c1-7-9-11-13-15-19-31-50(32-20-16-14-12-10-8-2)45-34-40(39-24-23-37-21-17-18-22-38(37)33-39)25-28-43(45)44-29-26-41(35-46(44)50)47-30-27-42(36-52-47)51-53-48(3,4)49(5,6)54-51/h17-18,21-30,33-36H,7-16,19-20,31-32H2,1-6H3. The maximum atomic E-state index is 6.36. The van der Waals surface area contributed by atoms with E-state index in [1.807, 2.05) is 6.20 Å². The molecule has 4 heteroatoms. The molecule has 0 unspecified atom stereocenters. The second kappa shape index (κ2) is 16.6. The van der Waals surface area contributed by atoms with E-state index < -0.39 is 7.12 Å². The minimum Gasteiger partial charge on any atom is -0.399 e. The van der Waals surface area contributed by atoms with Crippen LogP contribution >= 0.6 is 0 Å². The zero-order valence-corrected chi connectivity index (χ0v) is 34.0. The van der Waals surface area contributed by atoms with E-state index in [0.29, 0.717) is 0 Å². The summed E-state index contributed by atoms with van der Waals surface area (Å²) < 4.78 is 12.7. The van der Waals surface area contributed by atoms with Crippen LogP contribution in [0.2, 0.25) is 0 Å². The molecule has 1 aliphatic heterocycles. The molecular formula is C50H62BNO2. The highest BCUT2D eigenvalue weighted by molar-refractivity contribution is 6.62. The van der Waals surface area contributed by atoms with Crippen molar-refractivity contribution in [2.24, 2.45) is 0 Å². The summed E-state index contributed by atoms with van der Waals surface area (Å²) in [5, 5.41) is 2.59. The van der Waals surface area contributed by atoms with Crippen LogP contribution in [0.5, 0.6) is 0 Å². The fourth-order valence-corrected chi connectivity index (χ4v) is 8.98. The average Bonchev–Trinajstić information content (AvgIpc) is 3.58. The van der Waals surface area contributed by atoms with Gasteiger partial charge in [0.15, 0.2) is 0 Å². The topological polar surface area (TPSA) is 31.4 Å². The molecule has 1 aromatic heterocycles. The summed E-state index contributed by atoms with van der Waals surface area (Å²) in [6.07, 6.45) is 20.0. The van der Waals surface area contributed by atoms with Crippen molar-refractivity contribution in [3.05, 3.63) is 108 Å². The van der Waals surface area contributed by atoms with E-state index in [2.05, 4.69) is 133 Å². The van der Waals surface area contributed by atoms with Gasteiger partial charge in [0.25, 0.3) is 0 Å². The lowest BCUT2D eigenvalue weighted by Gasteiger charge is -2.33. The Morgan fingerprint density at radius 1 is 0.519 bits per heavy atom. The molecule has 0 atom stereocenters. The maximum Gasteiger partial charge on any atom is 0.496 e. The molecule has 5 aromatic rings. The molecule has 0 spiro atoms. The third-order valence-corrected chi connectivity index (χ3v) is 13.0. The SMILES string of the molecule is CCCCCCCCC1(CCCCCCCC)c2cc(-c3ccc4ccccc4c3)ccc2-c2ccc(-c3ccc(B4OC(C)(C)C(C)(C)O4)cn3)cc21.